The van der Waals surface area contributed by atoms with E-state index in [4.69, 9.17) is 4.74 Å². The van der Waals surface area contributed by atoms with Crippen molar-refractivity contribution in [3.05, 3.63) is 33.5 Å². The van der Waals surface area contributed by atoms with Crippen LogP contribution in [0, 0.1) is 5.82 Å². The molecule has 0 heterocycles. The van der Waals surface area contributed by atoms with Crippen LogP contribution in [0.5, 0.6) is 0 Å². The lowest BCUT2D eigenvalue weighted by Gasteiger charge is -2.13. The SMILES string of the molecule is COCc1cc(Br)c(F)c(C2(N=C=O)CC2)c1. The molecule has 0 aliphatic heterocycles. The van der Waals surface area contributed by atoms with Gasteiger partial charge in [-0.25, -0.2) is 9.18 Å². The molecule has 1 aromatic carbocycles. The molecule has 90 valence electrons. The van der Waals surface area contributed by atoms with E-state index in [0.717, 1.165) is 5.56 Å². The number of isocyanates is 1. The zero-order chi connectivity index (χ0) is 12.5. The molecule has 0 aromatic heterocycles. The Morgan fingerprint density at radius 2 is 2.29 bits per heavy atom. The molecule has 1 aromatic rings. The van der Waals surface area contributed by atoms with Crippen molar-refractivity contribution >= 4 is 22.0 Å². The highest BCUT2D eigenvalue weighted by atomic mass is 79.9. The van der Waals surface area contributed by atoms with Crippen LogP contribution in [-0.4, -0.2) is 13.2 Å². The van der Waals surface area contributed by atoms with Crippen LogP contribution in [0.4, 0.5) is 4.39 Å². The van der Waals surface area contributed by atoms with E-state index >= 15 is 0 Å². The maximum atomic E-state index is 14.0. The lowest BCUT2D eigenvalue weighted by Crippen LogP contribution is -2.07. The van der Waals surface area contributed by atoms with E-state index < -0.39 is 5.54 Å². The highest BCUT2D eigenvalue weighted by molar-refractivity contribution is 9.10. The molecular weight excluding hydrogens is 289 g/mol. The van der Waals surface area contributed by atoms with Gasteiger partial charge in [0.2, 0.25) is 6.08 Å². The van der Waals surface area contributed by atoms with E-state index in [-0.39, 0.29) is 5.82 Å². The van der Waals surface area contributed by atoms with Crippen molar-refractivity contribution in [1.29, 1.82) is 0 Å². The Kier molecular flexibility index (Phi) is 3.43. The molecule has 0 saturated heterocycles. The second-order valence-corrected chi connectivity index (χ2v) is 4.96. The Morgan fingerprint density at radius 1 is 1.59 bits per heavy atom. The topological polar surface area (TPSA) is 38.7 Å². The summed E-state index contributed by atoms with van der Waals surface area (Å²) in [6, 6.07) is 3.38. The minimum Gasteiger partial charge on any atom is -0.380 e. The number of benzene rings is 1. The zero-order valence-corrected chi connectivity index (χ0v) is 10.9. The first-order valence-electron chi connectivity index (χ1n) is 5.19. The molecule has 0 spiro atoms. The van der Waals surface area contributed by atoms with Crippen molar-refractivity contribution in [2.45, 2.75) is 25.0 Å². The van der Waals surface area contributed by atoms with E-state index in [1.165, 1.54) is 6.08 Å². The van der Waals surface area contributed by atoms with Crippen LogP contribution in [0.3, 0.4) is 0 Å². The second-order valence-electron chi connectivity index (χ2n) is 4.11. The third-order valence-corrected chi connectivity index (χ3v) is 3.46. The monoisotopic (exact) mass is 299 g/mol. The summed E-state index contributed by atoms with van der Waals surface area (Å²) >= 11 is 3.17. The Bertz CT molecular complexity index is 494. The number of hydrogen-bond donors (Lipinski definition) is 0. The average molecular weight is 300 g/mol. The lowest BCUT2D eigenvalue weighted by molar-refractivity contribution is 0.184. The summed E-state index contributed by atoms with van der Waals surface area (Å²) in [7, 11) is 1.58. The molecule has 1 aliphatic rings. The highest BCUT2D eigenvalue weighted by Crippen LogP contribution is 2.51. The minimum absolute atomic E-state index is 0.360. The van der Waals surface area contributed by atoms with Gasteiger partial charge in [-0.3, -0.25) is 0 Å². The molecule has 1 fully saturated rings. The van der Waals surface area contributed by atoms with E-state index in [9.17, 15) is 9.18 Å². The van der Waals surface area contributed by atoms with E-state index in [0.29, 0.717) is 29.5 Å². The van der Waals surface area contributed by atoms with Crippen LogP contribution < -0.4 is 0 Å². The van der Waals surface area contributed by atoms with Gasteiger partial charge in [0.15, 0.2) is 0 Å². The molecule has 3 nitrogen and oxygen atoms in total. The van der Waals surface area contributed by atoms with Crippen molar-refractivity contribution in [1.82, 2.24) is 0 Å². The summed E-state index contributed by atoms with van der Waals surface area (Å²) in [4.78, 5) is 14.1. The van der Waals surface area contributed by atoms with Crippen LogP contribution in [0.2, 0.25) is 0 Å². The van der Waals surface area contributed by atoms with Gasteiger partial charge < -0.3 is 4.74 Å². The maximum Gasteiger partial charge on any atom is 0.235 e. The minimum atomic E-state index is -0.696. The molecule has 2 rings (SSSR count). The number of nitrogens with zero attached hydrogens (tertiary/aromatic N) is 1. The Balaban J connectivity index is 2.49. The van der Waals surface area contributed by atoms with Gasteiger partial charge in [-0.2, -0.15) is 4.99 Å². The largest absolute Gasteiger partial charge is 0.380 e. The van der Waals surface area contributed by atoms with E-state index in [1.807, 2.05) is 0 Å². The van der Waals surface area contributed by atoms with Crippen LogP contribution in [0.15, 0.2) is 21.6 Å². The Hall–Kier alpha value is -1.03. The van der Waals surface area contributed by atoms with Crippen LogP contribution >= 0.6 is 15.9 Å². The van der Waals surface area contributed by atoms with Crippen molar-refractivity contribution < 1.29 is 13.9 Å². The lowest BCUT2D eigenvalue weighted by atomic mass is 10.0. The molecule has 1 saturated carbocycles. The van der Waals surface area contributed by atoms with Crippen LogP contribution in [0.1, 0.15) is 24.0 Å². The summed E-state index contributed by atoms with van der Waals surface area (Å²) in [5, 5.41) is 0. The Labute approximate surface area is 107 Å². The highest BCUT2D eigenvalue weighted by Gasteiger charge is 2.47. The molecule has 0 N–H and O–H groups in total. The van der Waals surface area contributed by atoms with Gasteiger partial charge in [0.05, 0.1) is 11.1 Å². The Morgan fingerprint density at radius 3 is 2.82 bits per heavy atom. The first-order valence-corrected chi connectivity index (χ1v) is 5.98. The van der Waals surface area contributed by atoms with Gasteiger partial charge in [-0.1, -0.05) is 0 Å². The van der Waals surface area contributed by atoms with E-state index in [1.54, 1.807) is 19.2 Å². The molecule has 17 heavy (non-hydrogen) atoms. The number of carbonyl (C=O) groups excluding carboxylic acids is 1. The molecule has 0 amide bonds. The fraction of sp³-hybridized carbons (Fsp3) is 0.417. The van der Waals surface area contributed by atoms with E-state index in [2.05, 4.69) is 20.9 Å². The summed E-state index contributed by atoms with van der Waals surface area (Å²) in [6.07, 6.45) is 2.89. The van der Waals surface area contributed by atoms with Gasteiger partial charge in [-0.05, 0) is 46.5 Å². The van der Waals surface area contributed by atoms with Crippen molar-refractivity contribution in [2.75, 3.05) is 7.11 Å². The van der Waals surface area contributed by atoms with Crippen molar-refractivity contribution in [2.24, 2.45) is 4.99 Å². The van der Waals surface area contributed by atoms with Crippen molar-refractivity contribution in [3.63, 3.8) is 0 Å². The molecule has 0 radical (unpaired) electrons. The summed E-state index contributed by atoms with van der Waals surface area (Å²) in [6.45, 7) is 0.396. The predicted molar refractivity (Wildman–Crippen MR) is 63.8 cm³/mol. The van der Waals surface area contributed by atoms with Crippen LogP contribution in [-0.2, 0) is 21.7 Å². The predicted octanol–water partition coefficient (Wildman–Crippen LogP) is 3.06. The summed E-state index contributed by atoms with van der Waals surface area (Å²) < 4.78 is 19.4. The number of ether oxygens (including phenoxy) is 1. The van der Waals surface area contributed by atoms with Crippen LogP contribution in [0.25, 0.3) is 0 Å². The van der Waals surface area contributed by atoms with Gasteiger partial charge in [-0.15, -0.1) is 0 Å². The smallest absolute Gasteiger partial charge is 0.235 e. The number of methoxy groups -OCH3 is 1. The molecule has 0 unspecified atom stereocenters. The summed E-state index contributed by atoms with van der Waals surface area (Å²) in [5.74, 6) is -0.360. The normalized spacial score (nSPS) is 16.4. The third-order valence-electron chi connectivity index (χ3n) is 2.88. The molecule has 5 heteroatoms. The standard InChI is InChI=1S/C12H11BrFNO2/c1-17-6-8-4-9(11(14)10(13)5-8)12(2-3-12)15-7-16/h4-5H,2-3,6H2,1H3. The molecule has 0 bridgehead atoms. The number of hydrogen-bond acceptors (Lipinski definition) is 3. The number of rotatable bonds is 4. The van der Waals surface area contributed by atoms with Gasteiger partial charge >= 0.3 is 0 Å². The van der Waals surface area contributed by atoms with Gasteiger partial charge in [0.25, 0.3) is 0 Å². The van der Waals surface area contributed by atoms with Crippen molar-refractivity contribution in [3.8, 4) is 0 Å². The maximum absolute atomic E-state index is 14.0. The first kappa shape index (κ1) is 12.4. The third kappa shape index (κ3) is 2.32. The average Bonchev–Trinajstić information content (AvgIpc) is 3.05. The molecule has 0 atom stereocenters. The molecular formula is C12H11BrFNO2. The molecule has 1 aliphatic carbocycles. The second kappa shape index (κ2) is 4.69. The van der Waals surface area contributed by atoms with Gasteiger partial charge in [0, 0.05) is 12.7 Å². The fourth-order valence-corrected chi connectivity index (χ4v) is 2.39. The summed E-state index contributed by atoms with van der Waals surface area (Å²) in [5.41, 5.74) is 0.600. The van der Waals surface area contributed by atoms with Gasteiger partial charge in [0.1, 0.15) is 11.4 Å². The number of halogens is 2. The first-order chi connectivity index (χ1) is 8.13. The number of aliphatic imine (C=N–C) groups is 1. The fourth-order valence-electron chi connectivity index (χ4n) is 1.88. The quantitative estimate of drug-likeness (QED) is 0.633. The zero-order valence-electron chi connectivity index (χ0n) is 9.30.